The Balaban J connectivity index is 2.34. The maximum atomic E-state index is 13.9. The first-order chi connectivity index (χ1) is 9.70. The molecule has 2 aromatic carbocycles. The molecular weight excluding hydrogens is 253 g/mol. The van der Waals surface area contributed by atoms with Crippen LogP contribution in [-0.2, 0) is 6.54 Å². The molecule has 3 nitrogen and oxygen atoms in total. The van der Waals surface area contributed by atoms with Gasteiger partial charge in [-0.15, -0.1) is 0 Å². The summed E-state index contributed by atoms with van der Waals surface area (Å²) in [6.45, 7) is 2.26. The van der Waals surface area contributed by atoms with E-state index in [0.29, 0.717) is 16.9 Å². The van der Waals surface area contributed by atoms with Crippen molar-refractivity contribution >= 4 is 11.0 Å². The number of rotatable bonds is 2. The zero-order chi connectivity index (χ0) is 14.1. The van der Waals surface area contributed by atoms with Crippen LogP contribution in [0.15, 0.2) is 42.5 Å². The lowest BCUT2D eigenvalue weighted by atomic mass is 10.0. The molecule has 0 fully saturated rings. The molecule has 4 heteroatoms. The molecule has 20 heavy (non-hydrogen) atoms. The molecule has 0 atom stereocenters. The highest BCUT2D eigenvalue weighted by Gasteiger charge is 2.13. The van der Waals surface area contributed by atoms with Crippen LogP contribution in [0.5, 0.6) is 0 Å². The third kappa shape index (κ3) is 2.04. The van der Waals surface area contributed by atoms with Crippen LogP contribution in [0.2, 0.25) is 0 Å². The average molecular weight is 267 g/mol. The van der Waals surface area contributed by atoms with Crippen molar-refractivity contribution in [2.24, 2.45) is 5.73 Å². The zero-order valence-electron chi connectivity index (χ0n) is 11.1. The van der Waals surface area contributed by atoms with Gasteiger partial charge in [-0.1, -0.05) is 30.3 Å². The molecule has 1 aromatic heterocycles. The van der Waals surface area contributed by atoms with E-state index in [0.717, 1.165) is 11.1 Å². The Morgan fingerprint density at radius 2 is 1.85 bits per heavy atom. The second-order valence-corrected chi connectivity index (χ2v) is 4.65. The maximum absolute atomic E-state index is 13.9. The van der Waals surface area contributed by atoms with Crippen molar-refractivity contribution in [2.45, 2.75) is 13.5 Å². The van der Waals surface area contributed by atoms with Gasteiger partial charge in [0.25, 0.3) is 0 Å². The van der Waals surface area contributed by atoms with E-state index >= 15 is 0 Å². The van der Waals surface area contributed by atoms with E-state index in [4.69, 9.17) is 5.73 Å². The normalized spacial score (nSPS) is 10.9. The number of aromatic nitrogens is 2. The molecule has 2 N–H and O–H groups in total. The molecule has 0 radical (unpaired) electrons. The Morgan fingerprint density at radius 1 is 1.05 bits per heavy atom. The first kappa shape index (κ1) is 12.7. The third-order valence-electron chi connectivity index (χ3n) is 3.31. The number of nitrogens with two attached hydrogens (primary N) is 1. The minimum absolute atomic E-state index is 0.267. The first-order valence-electron chi connectivity index (χ1n) is 6.42. The van der Waals surface area contributed by atoms with Gasteiger partial charge < -0.3 is 5.73 Å². The van der Waals surface area contributed by atoms with E-state index in [9.17, 15) is 4.39 Å². The lowest BCUT2D eigenvalue weighted by Crippen LogP contribution is -2.06. The number of para-hydroxylation sites is 1. The van der Waals surface area contributed by atoms with Gasteiger partial charge in [0, 0.05) is 12.1 Å². The fourth-order valence-electron chi connectivity index (χ4n) is 2.28. The Morgan fingerprint density at radius 3 is 2.60 bits per heavy atom. The van der Waals surface area contributed by atoms with Crippen LogP contribution < -0.4 is 5.73 Å². The van der Waals surface area contributed by atoms with Crippen molar-refractivity contribution in [3.63, 3.8) is 0 Å². The lowest BCUT2D eigenvalue weighted by molar-refractivity contribution is 0.636. The Labute approximate surface area is 116 Å². The molecule has 0 saturated heterocycles. The number of fused-ring (bicyclic) bond motifs is 1. The van der Waals surface area contributed by atoms with Gasteiger partial charge in [-0.3, -0.25) is 0 Å². The number of hydrogen-bond donors (Lipinski definition) is 1. The van der Waals surface area contributed by atoms with Gasteiger partial charge in [0.05, 0.1) is 16.9 Å². The summed E-state index contributed by atoms with van der Waals surface area (Å²) in [7, 11) is 0. The molecule has 3 aromatic rings. The molecule has 0 aliphatic rings. The van der Waals surface area contributed by atoms with Crippen LogP contribution in [0.4, 0.5) is 4.39 Å². The van der Waals surface area contributed by atoms with Gasteiger partial charge in [0.2, 0.25) is 0 Å². The molecule has 0 saturated carbocycles. The molecular formula is C16H14FN3. The van der Waals surface area contributed by atoms with E-state index in [-0.39, 0.29) is 17.9 Å². The highest BCUT2D eigenvalue weighted by molar-refractivity contribution is 5.79. The van der Waals surface area contributed by atoms with Crippen molar-refractivity contribution < 1.29 is 4.39 Å². The second kappa shape index (κ2) is 4.98. The van der Waals surface area contributed by atoms with E-state index in [1.807, 2.05) is 31.2 Å². The van der Waals surface area contributed by atoms with Crippen molar-refractivity contribution in [3.8, 4) is 11.3 Å². The van der Waals surface area contributed by atoms with Crippen LogP contribution in [0.3, 0.4) is 0 Å². The molecule has 0 unspecified atom stereocenters. The maximum Gasteiger partial charge on any atom is 0.151 e. The summed E-state index contributed by atoms with van der Waals surface area (Å²) in [6, 6.07) is 12.6. The molecule has 0 aliphatic heterocycles. The van der Waals surface area contributed by atoms with Gasteiger partial charge >= 0.3 is 0 Å². The number of hydrogen-bond acceptors (Lipinski definition) is 3. The van der Waals surface area contributed by atoms with Gasteiger partial charge in [0.1, 0.15) is 5.52 Å². The van der Waals surface area contributed by atoms with Crippen molar-refractivity contribution in [3.05, 3.63) is 59.5 Å². The molecule has 100 valence electrons. The van der Waals surface area contributed by atoms with Gasteiger partial charge in [-0.25, -0.2) is 14.4 Å². The first-order valence-corrected chi connectivity index (χ1v) is 6.42. The van der Waals surface area contributed by atoms with Crippen molar-refractivity contribution in [1.29, 1.82) is 0 Å². The van der Waals surface area contributed by atoms with Crippen LogP contribution in [0.25, 0.3) is 22.3 Å². The summed E-state index contributed by atoms with van der Waals surface area (Å²) in [5, 5.41) is 0. The Kier molecular flexibility index (Phi) is 3.16. The summed E-state index contributed by atoms with van der Waals surface area (Å²) in [5.74, 6) is -0.367. The standard InChI is InChI=1S/C16H14FN3/c1-10-5-2-3-6-11(10)15-14(9-18)19-13-8-4-7-12(17)16(13)20-15/h2-8H,9,18H2,1H3. The number of aryl methyl sites for hydroxylation is 1. The predicted octanol–water partition coefficient (Wildman–Crippen LogP) is 3.20. The van der Waals surface area contributed by atoms with Crippen molar-refractivity contribution in [1.82, 2.24) is 9.97 Å². The lowest BCUT2D eigenvalue weighted by Gasteiger charge is -2.11. The SMILES string of the molecule is Cc1ccccc1-c1nc2c(F)cccc2nc1CN. The summed E-state index contributed by atoms with van der Waals surface area (Å²) in [4.78, 5) is 8.90. The monoisotopic (exact) mass is 267 g/mol. The summed E-state index contributed by atoms with van der Waals surface area (Å²) in [5.41, 5.74) is 9.91. The van der Waals surface area contributed by atoms with Crippen molar-refractivity contribution in [2.75, 3.05) is 0 Å². The van der Waals surface area contributed by atoms with E-state index in [2.05, 4.69) is 9.97 Å². The number of benzene rings is 2. The van der Waals surface area contributed by atoms with Crippen LogP contribution in [0.1, 0.15) is 11.3 Å². The second-order valence-electron chi connectivity index (χ2n) is 4.65. The smallest absolute Gasteiger partial charge is 0.151 e. The highest BCUT2D eigenvalue weighted by Crippen LogP contribution is 2.26. The van der Waals surface area contributed by atoms with Crippen LogP contribution in [-0.4, -0.2) is 9.97 Å². The van der Waals surface area contributed by atoms with Crippen LogP contribution >= 0.6 is 0 Å². The fourth-order valence-corrected chi connectivity index (χ4v) is 2.28. The molecule has 0 amide bonds. The molecule has 3 rings (SSSR count). The average Bonchev–Trinajstić information content (AvgIpc) is 2.47. The third-order valence-corrected chi connectivity index (χ3v) is 3.31. The minimum atomic E-state index is -0.367. The highest BCUT2D eigenvalue weighted by atomic mass is 19.1. The topological polar surface area (TPSA) is 51.8 Å². The van der Waals surface area contributed by atoms with E-state index < -0.39 is 0 Å². The van der Waals surface area contributed by atoms with E-state index in [1.165, 1.54) is 6.07 Å². The largest absolute Gasteiger partial charge is 0.325 e. The zero-order valence-corrected chi connectivity index (χ0v) is 11.1. The number of nitrogens with zero attached hydrogens (tertiary/aromatic N) is 2. The fraction of sp³-hybridized carbons (Fsp3) is 0.125. The summed E-state index contributed by atoms with van der Waals surface area (Å²) < 4.78 is 13.9. The summed E-state index contributed by atoms with van der Waals surface area (Å²) >= 11 is 0. The van der Waals surface area contributed by atoms with Gasteiger partial charge in [-0.2, -0.15) is 0 Å². The number of halogens is 1. The minimum Gasteiger partial charge on any atom is -0.325 e. The Hall–Kier alpha value is -2.33. The molecule has 0 bridgehead atoms. The quantitative estimate of drug-likeness (QED) is 0.775. The molecule has 0 spiro atoms. The predicted molar refractivity (Wildman–Crippen MR) is 77.6 cm³/mol. The Bertz CT molecular complexity index is 784. The summed E-state index contributed by atoms with van der Waals surface area (Å²) in [6.07, 6.45) is 0. The van der Waals surface area contributed by atoms with Crippen LogP contribution in [0, 0.1) is 12.7 Å². The van der Waals surface area contributed by atoms with Gasteiger partial charge in [0.15, 0.2) is 5.82 Å². The molecule has 0 aliphatic carbocycles. The van der Waals surface area contributed by atoms with Gasteiger partial charge in [-0.05, 0) is 24.6 Å². The van der Waals surface area contributed by atoms with E-state index in [1.54, 1.807) is 12.1 Å². The molecule has 1 heterocycles.